The fraction of sp³-hybridized carbons (Fsp3) is 0.846. The molecule has 106 valence electrons. The van der Waals surface area contributed by atoms with E-state index >= 15 is 0 Å². The molecule has 19 heavy (non-hydrogen) atoms. The van der Waals surface area contributed by atoms with Gasteiger partial charge in [-0.05, 0) is 18.3 Å². The summed E-state index contributed by atoms with van der Waals surface area (Å²) >= 11 is 0. The third-order valence-corrected chi connectivity index (χ3v) is 4.18. The van der Waals surface area contributed by atoms with Crippen molar-refractivity contribution in [1.82, 2.24) is 10.2 Å². The van der Waals surface area contributed by atoms with Crippen molar-refractivity contribution in [3.63, 3.8) is 0 Å². The zero-order valence-electron chi connectivity index (χ0n) is 11.1. The first-order valence-corrected chi connectivity index (χ1v) is 6.64. The number of halogens is 2. The zero-order valence-corrected chi connectivity index (χ0v) is 11.1. The third kappa shape index (κ3) is 3.34. The van der Waals surface area contributed by atoms with Crippen LogP contribution in [0.4, 0.5) is 13.6 Å². The van der Waals surface area contributed by atoms with Gasteiger partial charge in [0.25, 0.3) is 5.92 Å². The van der Waals surface area contributed by atoms with E-state index in [0.717, 1.165) is 12.8 Å². The minimum Gasteiger partial charge on any atom is -0.335 e. The van der Waals surface area contributed by atoms with E-state index in [2.05, 4.69) is 18.3 Å². The van der Waals surface area contributed by atoms with Crippen molar-refractivity contribution in [3.05, 3.63) is 0 Å². The minimum absolute atomic E-state index is 0.0188. The Labute approximate surface area is 111 Å². The molecule has 0 radical (unpaired) electrons. The number of amides is 2. The first-order valence-electron chi connectivity index (χ1n) is 6.64. The summed E-state index contributed by atoms with van der Waals surface area (Å²) in [7, 11) is 0. The molecule has 0 aromatic carbocycles. The summed E-state index contributed by atoms with van der Waals surface area (Å²) in [5, 5.41) is 11.4. The van der Waals surface area contributed by atoms with Gasteiger partial charge in [-0.2, -0.15) is 5.26 Å². The van der Waals surface area contributed by atoms with Gasteiger partial charge in [0.2, 0.25) is 0 Å². The largest absolute Gasteiger partial charge is 0.335 e. The van der Waals surface area contributed by atoms with Crippen molar-refractivity contribution in [3.8, 4) is 6.07 Å². The second-order valence-corrected chi connectivity index (χ2v) is 6.04. The van der Waals surface area contributed by atoms with Gasteiger partial charge in [-0.1, -0.05) is 6.92 Å². The monoisotopic (exact) mass is 271 g/mol. The third-order valence-electron chi connectivity index (χ3n) is 4.18. The standard InChI is InChI=1S/C13H19F2N3O/c1-12(2-5-16)3-6-18(7-4-12)11(19)17-10-8-13(14,15)9-10/h10H,2-4,6-9H2,1H3,(H,17,19). The Hall–Kier alpha value is -1.38. The number of urea groups is 1. The van der Waals surface area contributed by atoms with Gasteiger partial charge in [0.05, 0.1) is 6.07 Å². The van der Waals surface area contributed by atoms with E-state index in [9.17, 15) is 13.6 Å². The molecule has 2 rings (SSSR count). The summed E-state index contributed by atoms with van der Waals surface area (Å²) in [6.07, 6.45) is 1.57. The van der Waals surface area contributed by atoms with Crippen LogP contribution in [0.5, 0.6) is 0 Å². The van der Waals surface area contributed by atoms with Crippen molar-refractivity contribution in [2.75, 3.05) is 13.1 Å². The molecule has 0 bridgehead atoms. The molecule has 0 unspecified atom stereocenters. The first-order chi connectivity index (χ1) is 8.84. The number of nitrogens with zero attached hydrogens (tertiary/aromatic N) is 2. The van der Waals surface area contributed by atoms with Crippen molar-refractivity contribution in [2.45, 2.75) is 51.0 Å². The molecule has 0 atom stereocenters. The number of nitrogens with one attached hydrogen (secondary N) is 1. The molecule has 0 aromatic heterocycles. The maximum atomic E-state index is 12.7. The van der Waals surface area contributed by atoms with Crippen molar-refractivity contribution in [2.24, 2.45) is 5.41 Å². The van der Waals surface area contributed by atoms with Crippen molar-refractivity contribution < 1.29 is 13.6 Å². The zero-order chi connectivity index (χ0) is 14.1. The molecule has 4 nitrogen and oxygen atoms in total. The molecule has 1 N–H and O–H groups in total. The number of rotatable bonds is 2. The minimum atomic E-state index is -2.61. The number of piperidine rings is 1. The molecular formula is C13H19F2N3O. The van der Waals surface area contributed by atoms with E-state index in [-0.39, 0.29) is 24.3 Å². The lowest BCUT2D eigenvalue weighted by atomic mass is 9.78. The van der Waals surface area contributed by atoms with Crippen molar-refractivity contribution in [1.29, 1.82) is 5.26 Å². The van der Waals surface area contributed by atoms with Crippen LogP contribution in [0.1, 0.15) is 39.0 Å². The molecular weight excluding hydrogens is 252 g/mol. The fourth-order valence-electron chi connectivity index (χ4n) is 2.65. The van der Waals surface area contributed by atoms with Crippen LogP contribution in [-0.2, 0) is 0 Å². The lowest BCUT2D eigenvalue weighted by molar-refractivity contribution is -0.0904. The second-order valence-electron chi connectivity index (χ2n) is 6.04. The number of nitriles is 1. The Morgan fingerprint density at radius 3 is 2.47 bits per heavy atom. The molecule has 1 heterocycles. The molecule has 1 aliphatic carbocycles. The van der Waals surface area contributed by atoms with E-state index in [4.69, 9.17) is 5.26 Å². The van der Waals surface area contributed by atoms with Crippen LogP contribution in [0, 0.1) is 16.7 Å². The fourth-order valence-corrected chi connectivity index (χ4v) is 2.65. The van der Waals surface area contributed by atoms with Crippen LogP contribution in [0.15, 0.2) is 0 Å². The highest BCUT2D eigenvalue weighted by molar-refractivity contribution is 5.74. The van der Waals surface area contributed by atoms with Gasteiger partial charge in [-0.3, -0.25) is 0 Å². The van der Waals surface area contributed by atoms with Crippen LogP contribution in [0.3, 0.4) is 0 Å². The number of hydrogen-bond acceptors (Lipinski definition) is 2. The maximum absolute atomic E-state index is 12.7. The molecule has 0 spiro atoms. The average Bonchev–Trinajstić information content (AvgIpc) is 2.27. The van der Waals surface area contributed by atoms with Crippen LogP contribution >= 0.6 is 0 Å². The van der Waals surface area contributed by atoms with Crippen LogP contribution < -0.4 is 5.32 Å². The number of alkyl halides is 2. The van der Waals surface area contributed by atoms with Gasteiger partial charge < -0.3 is 10.2 Å². The Morgan fingerprint density at radius 1 is 1.42 bits per heavy atom. The van der Waals surface area contributed by atoms with Crippen LogP contribution in [0.2, 0.25) is 0 Å². The number of hydrogen-bond donors (Lipinski definition) is 1. The highest BCUT2D eigenvalue weighted by atomic mass is 19.3. The summed E-state index contributed by atoms with van der Waals surface area (Å²) in [6.45, 7) is 3.23. The lowest BCUT2D eigenvalue weighted by Crippen LogP contribution is -2.55. The highest BCUT2D eigenvalue weighted by Crippen LogP contribution is 2.38. The Balaban J connectivity index is 1.76. The summed E-state index contributed by atoms with van der Waals surface area (Å²) < 4.78 is 25.3. The number of likely N-dealkylation sites (tertiary alicyclic amines) is 1. The molecule has 0 aromatic rings. The van der Waals surface area contributed by atoms with E-state index < -0.39 is 12.0 Å². The number of carbonyl (C=O) groups is 1. The van der Waals surface area contributed by atoms with E-state index in [1.165, 1.54) is 0 Å². The second kappa shape index (κ2) is 4.95. The lowest BCUT2D eigenvalue weighted by Gasteiger charge is -2.40. The first kappa shape index (κ1) is 14.0. The van der Waals surface area contributed by atoms with E-state index in [1.54, 1.807) is 4.90 Å². The predicted molar refractivity (Wildman–Crippen MR) is 65.6 cm³/mol. The topological polar surface area (TPSA) is 56.1 Å². The molecule has 1 saturated carbocycles. The Morgan fingerprint density at radius 2 is 2.00 bits per heavy atom. The van der Waals surface area contributed by atoms with E-state index in [1.807, 2.05) is 0 Å². The van der Waals surface area contributed by atoms with Crippen molar-refractivity contribution >= 4 is 6.03 Å². The van der Waals surface area contributed by atoms with Gasteiger partial charge in [-0.25, -0.2) is 13.6 Å². The molecule has 2 aliphatic rings. The van der Waals surface area contributed by atoms with Gasteiger partial charge in [-0.15, -0.1) is 0 Å². The highest BCUT2D eigenvalue weighted by Gasteiger charge is 2.46. The summed E-state index contributed by atoms with van der Waals surface area (Å²) in [5.74, 6) is -2.61. The van der Waals surface area contributed by atoms with Gasteiger partial charge in [0, 0.05) is 38.4 Å². The quantitative estimate of drug-likeness (QED) is 0.839. The molecule has 2 amide bonds. The maximum Gasteiger partial charge on any atom is 0.317 e. The van der Waals surface area contributed by atoms with Gasteiger partial charge in [0.1, 0.15) is 0 Å². The Bertz CT molecular complexity index is 389. The van der Waals surface area contributed by atoms with E-state index in [0.29, 0.717) is 19.5 Å². The molecule has 1 saturated heterocycles. The molecule has 1 aliphatic heterocycles. The predicted octanol–water partition coefficient (Wildman–Crippen LogP) is 2.51. The van der Waals surface area contributed by atoms with Crippen LogP contribution in [0.25, 0.3) is 0 Å². The normalized spacial score (nSPS) is 25.3. The van der Waals surface area contributed by atoms with Gasteiger partial charge >= 0.3 is 6.03 Å². The Kier molecular flexibility index (Phi) is 3.66. The van der Waals surface area contributed by atoms with Crippen LogP contribution in [-0.4, -0.2) is 36.0 Å². The smallest absolute Gasteiger partial charge is 0.317 e. The van der Waals surface area contributed by atoms with Gasteiger partial charge in [0.15, 0.2) is 0 Å². The SMILES string of the molecule is CC1(CC#N)CCN(C(=O)NC2CC(F)(F)C2)CC1. The summed E-state index contributed by atoms with van der Waals surface area (Å²) in [4.78, 5) is 13.5. The summed E-state index contributed by atoms with van der Waals surface area (Å²) in [5.41, 5.74) is -0.0188. The summed E-state index contributed by atoms with van der Waals surface area (Å²) in [6, 6.07) is 1.54. The molecule has 2 fully saturated rings. The number of carbonyl (C=O) groups excluding carboxylic acids is 1. The average molecular weight is 271 g/mol. The molecule has 6 heteroatoms.